The van der Waals surface area contributed by atoms with Crippen LogP contribution in [0.25, 0.3) is 38.4 Å². The van der Waals surface area contributed by atoms with Crippen molar-refractivity contribution in [1.82, 2.24) is 9.38 Å². The SMILES string of the molecule is Cc1cc(-c2ccc(C(C)(C)C)cc2)c2c(c1)c1ccc[c-]c1c1nccn12.[Ir]. The first-order chi connectivity index (χ1) is 13.4. The minimum Gasteiger partial charge on any atom is -0.340 e. The van der Waals surface area contributed by atoms with E-state index in [2.05, 4.69) is 97.9 Å². The zero-order chi connectivity index (χ0) is 19.5. The zero-order valence-corrected chi connectivity index (χ0v) is 19.5. The smallest absolute Gasteiger partial charge is 0.0608 e. The molecule has 147 valence electrons. The Morgan fingerprint density at radius 2 is 1.72 bits per heavy atom. The summed E-state index contributed by atoms with van der Waals surface area (Å²) in [4.78, 5) is 4.63. The Morgan fingerprint density at radius 3 is 2.45 bits per heavy atom. The molecule has 0 amide bonds. The molecule has 0 bridgehead atoms. The monoisotopic (exact) mass is 556 g/mol. The standard InChI is InChI=1S/C26H23N2.Ir/c1-17-15-22(18-9-11-19(12-10-18)26(2,3)4)24-23(16-17)20-7-5-6-8-21(20)25-27-13-14-28(24)25;/h5-7,9-16H,1-4H3;/q-1;. The molecule has 0 fully saturated rings. The number of aryl methyl sites for hydroxylation is 1. The average molecular weight is 556 g/mol. The van der Waals surface area contributed by atoms with Gasteiger partial charge in [0.05, 0.1) is 5.65 Å². The van der Waals surface area contributed by atoms with Gasteiger partial charge in [-0.3, -0.25) is 4.98 Å². The topological polar surface area (TPSA) is 17.3 Å². The number of rotatable bonds is 1. The molecule has 0 saturated heterocycles. The molecule has 2 nitrogen and oxygen atoms in total. The van der Waals surface area contributed by atoms with Gasteiger partial charge >= 0.3 is 0 Å². The van der Waals surface area contributed by atoms with E-state index >= 15 is 0 Å². The first kappa shape index (κ1) is 19.8. The summed E-state index contributed by atoms with van der Waals surface area (Å²) in [6, 6.07) is 23.2. The van der Waals surface area contributed by atoms with E-state index in [9.17, 15) is 0 Å². The second kappa shape index (κ2) is 7.09. The van der Waals surface area contributed by atoms with Gasteiger partial charge in [0.1, 0.15) is 0 Å². The van der Waals surface area contributed by atoms with Crippen LogP contribution in [-0.4, -0.2) is 9.38 Å². The number of aromatic nitrogens is 2. The van der Waals surface area contributed by atoms with Crippen molar-refractivity contribution in [2.45, 2.75) is 33.1 Å². The van der Waals surface area contributed by atoms with Crippen molar-refractivity contribution in [2.24, 2.45) is 0 Å². The second-order valence-corrected chi connectivity index (χ2v) is 8.62. The molecule has 3 heteroatoms. The Balaban J connectivity index is 0.00000205. The van der Waals surface area contributed by atoms with E-state index in [1.165, 1.54) is 38.5 Å². The Morgan fingerprint density at radius 1 is 0.966 bits per heavy atom. The average Bonchev–Trinajstić information content (AvgIpc) is 3.17. The first-order valence-corrected chi connectivity index (χ1v) is 9.74. The van der Waals surface area contributed by atoms with Gasteiger partial charge in [-0.2, -0.15) is 0 Å². The Bertz CT molecular complexity index is 1340. The quantitative estimate of drug-likeness (QED) is 0.166. The van der Waals surface area contributed by atoms with Crippen molar-refractivity contribution < 1.29 is 20.1 Å². The third kappa shape index (κ3) is 3.19. The van der Waals surface area contributed by atoms with Crippen molar-refractivity contribution >= 4 is 27.3 Å². The molecule has 5 aromatic rings. The molecule has 5 rings (SSSR count). The van der Waals surface area contributed by atoms with Gasteiger partial charge in [-0.25, -0.2) is 0 Å². The number of pyridine rings is 1. The maximum absolute atomic E-state index is 4.63. The summed E-state index contributed by atoms with van der Waals surface area (Å²) in [6.07, 6.45) is 3.93. The summed E-state index contributed by atoms with van der Waals surface area (Å²) < 4.78 is 2.21. The number of hydrogen-bond acceptors (Lipinski definition) is 1. The van der Waals surface area contributed by atoms with Crippen LogP contribution in [0.1, 0.15) is 31.9 Å². The molecule has 0 saturated carbocycles. The summed E-state index contributed by atoms with van der Waals surface area (Å²) in [6.45, 7) is 8.92. The molecule has 1 radical (unpaired) electrons. The Hall–Kier alpha value is -2.48. The van der Waals surface area contributed by atoms with Crippen LogP contribution in [-0.2, 0) is 25.5 Å². The molecule has 2 aromatic heterocycles. The molecular formula is C26H23IrN2-. The van der Waals surface area contributed by atoms with Crippen molar-refractivity contribution in [2.75, 3.05) is 0 Å². The molecule has 0 atom stereocenters. The van der Waals surface area contributed by atoms with Crippen LogP contribution in [0.3, 0.4) is 0 Å². The maximum Gasteiger partial charge on any atom is 0.0608 e. The summed E-state index contributed by atoms with van der Waals surface area (Å²) >= 11 is 0. The van der Waals surface area contributed by atoms with E-state index in [4.69, 9.17) is 0 Å². The summed E-state index contributed by atoms with van der Waals surface area (Å²) in [5.74, 6) is 0. The zero-order valence-electron chi connectivity index (χ0n) is 17.1. The third-order valence-corrected chi connectivity index (χ3v) is 5.57. The van der Waals surface area contributed by atoms with Gasteiger partial charge in [-0.15, -0.1) is 29.7 Å². The van der Waals surface area contributed by atoms with Crippen molar-refractivity contribution in [3.63, 3.8) is 0 Å². The number of imidazole rings is 1. The number of benzene rings is 3. The summed E-state index contributed by atoms with van der Waals surface area (Å²) in [7, 11) is 0. The van der Waals surface area contributed by atoms with Crippen molar-refractivity contribution in [1.29, 1.82) is 0 Å². The summed E-state index contributed by atoms with van der Waals surface area (Å²) in [5, 5.41) is 3.51. The molecule has 0 aliphatic carbocycles. The third-order valence-electron chi connectivity index (χ3n) is 5.57. The van der Waals surface area contributed by atoms with Crippen molar-refractivity contribution in [3.8, 4) is 11.1 Å². The molecule has 29 heavy (non-hydrogen) atoms. The molecule has 0 aliphatic rings. The van der Waals surface area contributed by atoms with Crippen LogP contribution < -0.4 is 0 Å². The molecule has 2 heterocycles. The predicted octanol–water partition coefficient (Wildman–Crippen LogP) is 6.71. The number of fused-ring (bicyclic) bond motifs is 6. The minimum atomic E-state index is 0. The van der Waals surface area contributed by atoms with Crippen LogP contribution in [0.4, 0.5) is 0 Å². The van der Waals surface area contributed by atoms with Crippen LogP contribution in [0.2, 0.25) is 0 Å². The Kier molecular flexibility index (Phi) is 4.85. The largest absolute Gasteiger partial charge is 0.340 e. The Labute approximate surface area is 184 Å². The van der Waals surface area contributed by atoms with E-state index in [1.54, 1.807) is 0 Å². The van der Waals surface area contributed by atoms with Crippen molar-refractivity contribution in [3.05, 3.63) is 84.2 Å². The fourth-order valence-electron chi connectivity index (χ4n) is 4.13. The predicted molar refractivity (Wildman–Crippen MR) is 118 cm³/mol. The van der Waals surface area contributed by atoms with Gasteiger partial charge < -0.3 is 4.40 Å². The van der Waals surface area contributed by atoms with Crippen LogP contribution >= 0.6 is 0 Å². The molecule has 0 N–H and O–H groups in total. The van der Waals surface area contributed by atoms with Crippen LogP contribution in [0.15, 0.2) is 67.0 Å². The molecule has 0 aliphatic heterocycles. The van der Waals surface area contributed by atoms with E-state index in [0.29, 0.717) is 0 Å². The van der Waals surface area contributed by atoms with Gasteiger partial charge in [0.25, 0.3) is 0 Å². The number of hydrogen-bond donors (Lipinski definition) is 0. The fourth-order valence-corrected chi connectivity index (χ4v) is 4.13. The normalized spacial score (nSPS) is 11.9. The molecule has 0 spiro atoms. The number of nitrogens with zero attached hydrogens (tertiary/aromatic N) is 2. The summed E-state index contributed by atoms with van der Waals surface area (Å²) in [5.41, 5.74) is 7.39. The van der Waals surface area contributed by atoms with E-state index in [-0.39, 0.29) is 25.5 Å². The second-order valence-electron chi connectivity index (χ2n) is 8.62. The maximum atomic E-state index is 4.63. The van der Waals surface area contributed by atoms with Gasteiger partial charge in [0.15, 0.2) is 0 Å². The van der Waals surface area contributed by atoms with Gasteiger partial charge in [-0.1, -0.05) is 62.1 Å². The van der Waals surface area contributed by atoms with E-state index < -0.39 is 0 Å². The van der Waals surface area contributed by atoms with E-state index in [1.807, 2.05) is 12.3 Å². The molecule has 0 unspecified atom stereocenters. The van der Waals surface area contributed by atoms with E-state index in [0.717, 1.165) is 11.0 Å². The van der Waals surface area contributed by atoms with Gasteiger partial charge in [-0.05, 0) is 34.9 Å². The van der Waals surface area contributed by atoms with Crippen LogP contribution in [0, 0.1) is 13.0 Å². The van der Waals surface area contributed by atoms with Gasteiger partial charge in [0.2, 0.25) is 0 Å². The van der Waals surface area contributed by atoms with Crippen LogP contribution in [0.5, 0.6) is 0 Å². The molecular weight excluding hydrogens is 533 g/mol. The fraction of sp³-hybridized carbons (Fsp3) is 0.192. The molecule has 3 aromatic carbocycles. The van der Waals surface area contributed by atoms with Gasteiger partial charge in [0, 0.05) is 43.6 Å². The minimum absolute atomic E-state index is 0. The first-order valence-electron chi connectivity index (χ1n) is 9.74.